The van der Waals surface area contributed by atoms with E-state index in [1.54, 1.807) is 0 Å². The van der Waals surface area contributed by atoms with E-state index in [0.29, 0.717) is 6.54 Å². The number of nitrogens with two attached hydrogens (primary N) is 1. The fourth-order valence-corrected chi connectivity index (χ4v) is 1.72. The van der Waals surface area contributed by atoms with Gasteiger partial charge >= 0.3 is 0 Å². The quantitative estimate of drug-likeness (QED) is 0.664. The summed E-state index contributed by atoms with van der Waals surface area (Å²) >= 11 is 0. The number of amides is 2. The second-order valence-electron chi connectivity index (χ2n) is 5.21. The summed E-state index contributed by atoms with van der Waals surface area (Å²) in [5.74, 6) is 0.156. The van der Waals surface area contributed by atoms with Gasteiger partial charge < -0.3 is 21.1 Å². The van der Waals surface area contributed by atoms with E-state index in [1.165, 1.54) is 0 Å². The highest BCUT2D eigenvalue weighted by Gasteiger charge is 2.10. The van der Waals surface area contributed by atoms with Crippen molar-refractivity contribution in [2.45, 2.75) is 39.8 Å². The van der Waals surface area contributed by atoms with Crippen LogP contribution in [-0.4, -0.2) is 31.0 Å². The third-order valence-corrected chi connectivity index (χ3v) is 3.23. The Hall–Kier alpha value is -2.08. The molecule has 0 aromatic heterocycles. The number of aryl methyl sites for hydroxylation is 1. The average Bonchev–Trinajstić information content (AvgIpc) is 2.51. The summed E-state index contributed by atoms with van der Waals surface area (Å²) in [6, 6.07) is 5.87. The van der Waals surface area contributed by atoms with Crippen molar-refractivity contribution in [1.29, 1.82) is 0 Å². The van der Waals surface area contributed by atoms with Crippen LogP contribution in [0.1, 0.15) is 31.4 Å². The van der Waals surface area contributed by atoms with E-state index in [4.69, 9.17) is 10.5 Å². The van der Waals surface area contributed by atoms with Gasteiger partial charge in [-0.15, -0.1) is 0 Å². The molecule has 0 aliphatic heterocycles. The van der Waals surface area contributed by atoms with Gasteiger partial charge in [-0.25, -0.2) is 0 Å². The Morgan fingerprint density at radius 1 is 1.27 bits per heavy atom. The molecule has 0 saturated carbocycles. The molecule has 0 fully saturated rings. The minimum atomic E-state index is -0.355. The minimum Gasteiger partial charge on any atom is -0.490 e. The van der Waals surface area contributed by atoms with Gasteiger partial charge in [0.25, 0.3) is 0 Å². The third-order valence-electron chi connectivity index (χ3n) is 3.23. The van der Waals surface area contributed by atoms with E-state index in [1.807, 2.05) is 32.0 Å². The molecule has 4 N–H and O–H groups in total. The summed E-state index contributed by atoms with van der Waals surface area (Å²) < 4.78 is 5.89. The number of nitrogens with one attached hydrogen (secondary N) is 2. The molecule has 2 amide bonds. The van der Waals surface area contributed by atoms with E-state index in [-0.39, 0.29) is 31.0 Å². The van der Waals surface area contributed by atoms with E-state index in [9.17, 15) is 9.59 Å². The molecule has 1 rings (SSSR count). The molecule has 0 radical (unpaired) electrons. The molecular weight excluding hydrogens is 282 g/mol. The van der Waals surface area contributed by atoms with E-state index in [2.05, 4.69) is 17.6 Å². The monoisotopic (exact) mass is 307 g/mol. The predicted octanol–water partition coefficient (Wildman–Crippen LogP) is 0.863. The molecule has 1 atom stereocenters. The summed E-state index contributed by atoms with van der Waals surface area (Å²) in [6.45, 7) is 6.20. The predicted molar refractivity (Wildman–Crippen MR) is 85.5 cm³/mol. The second kappa shape index (κ2) is 9.04. The Bertz CT molecular complexity index is 517. The van der Waals surface area contributed by atoms with Crippen molar-refractivity contribution >= 4 is 11.8 Å². The number of carbonyl (C=O) groups excluding carboxylic acids is 2. The topological polar surface area (TPSA) is 93.5 Å². The Balaban J connectivity index is 2.61. The van der Waals surface area contributed by atoms with Crippen LogP contribution in [0.4, 0.5) is 0 Å². The summed E-state index contributed by atoms with van der Waals surface area (Å²) in [6.07, 6.45) is 1.02. The van der Waals surface area contributed by atoms with Gasteiger partial charge in [0, 0.05) is 12.1 Å². The molecule has 0 bridgehead atoms. The summed E-state index contributed by atoms with van der Waals surface area (Å²) in [5, 5.41) is 5.18. The Kier molecular flexibility index (Phi) is 7.39. The average molecular weight is 307 g/mol. The lowest BCUT2D eigenvalue weighted by atomic mass is 10.1. The zero-order chi connectivity index (χ0) is 16.5. The first kappa shape index (κ1) is 18.0. The van der Waals surface area contributed by atoms with E-state index in [0.717, 1.165) is 23.3 Å². The number of ether oxygens (including phenoxy) is 1. The molecular formula is C16H25N3O3. The zero-order valence-corrected chi connectivity index (χ0v) is 13.4. The SMILES string of the molecule is CCC(C)Oc1cc(C)ccc1CNC(=O)CNC(=O)CN. The van der Waals surface area contributed by atoms with Gasteiger partial charge in [-0.3, -0.25) is 9.59 Å². The number of rotatable bonds is 8. The van der Waals surface area contributed by atoms with Crippen LogP contribution in [0, 0.1) is 6.92 Å². The standard InChI is InChI=1S/C16H25N3O3/c1-4-12(3)22-14-7-11(2)5-6-13(14)9-18-16(21)10-19-15(20)8-17/h5-7,12H,4,8-10,17H2,1-3H3,(H,18,21)(H,19,20). The lowest BCUT2D eigenvalue weighted by Gasteiger charge is -2.17. The maximum atomic E-state index is 11.7. The van der Waals surface area contributed by atoms with Gasteiger partial charge in [-0.2, -0.15) is 0 Å². The lowest BCUT2D eigenvalue weighted by Crippen LogP contribution is -2.39. The molecule has 6 nitrogen and oxygen atoms in total. The van der Waals surface area contributed by atoms with Gasteiger partial charge in [0.1, 0.15) is 5.75 Å². The Morgan fingerprint density at radius 2 is 2.00 bits per heavy atom. The summed E-state index contributed by atoms with van der Waals surface area (Å²) in [7, 11) is 0. The van der Waals surface area contributed by atoms with Gasteiger partial charge in [-0.05, 0) is 31.9 Å². The van der Waals surface area contributed by atoms with Crippen LogP contribution >= 0.6 is 0 Å². The van der Waals surface area contributed by atoms with Crippen LogP contribution < -0.4 is 21.1 Å². The zero-order valence-electron chi connectivity index (χ0n) is 13.4. The van der Waals surface area contributed by atoms with Crippen LogP contribution in [0.5, 0.6) is 5.75 Å². The van der Waals surface area contributed by atoms with Crippen molar-refractivity contribution in [3.63, 3.8) is 0 Å². The fourth-order valence-electron chi connectivity index (χ4n) is 1.72. The maximum absolute atomic E-state index is 11.7. The van der Waals surface area contributed by atoms with Crippen LogP contribution in [0.2, 0.25) is 0 Å². The van der Waals surface area contributed by atoms with Crippen LogP contribution in [0.3, 0.4) is 0 Å². The molecule has 0 heterocycles. The molecule has 1 aromatic carbocycles. The summed E-state index contributed by atoms with van der Waals surface area (Å²) in [4.78, 5) is 22.7. The van der Waals surface area contributed by atoms with Gasteiger partial charge in [0.15, 0.2) is 0 Å². The highest BCUT2D eigenvalue weighted by Crippen LogP contribution is 2.22. The van der Waals surface area contributed by atoms with Gasteiger partial charge in [-0.1, -0.05) is 19.1 Å². The molecule has 0 aliphatic rings. The third kappa shape index (κ3) is 6.13. The first-order chi connectivity index (χ1) is 10.5. The first-order valence-electron chi connectivity index (χ1n) is 7.45. The maximum Gasteiger partial charge on any atom is 0.239 e. The van der Waals surface area contributed by atoms with E-state index < -0.39 is 0 Å². The van der Waals surface area contributed by atoms with Crippen LogP contribution in [-0.2, 0) is 16.1 Å². The van der Waals surface area contributed by atoms with Crippen LogP contribution in [0.15, 0.2) is 18.2 Å². The Morgan fingerprint density at radius 3 is 2.64 bits per heavy atom. The summed E-state index contributed by atoms with van der Waals surface area (Å²) in [5.41, 5.74) is 7.16. The number of hydrogen-bond acceptors (Lipinski definition) is 4. The normalized spacial score (nSPS) is 11.6. The molecule has 1 unspecified atom stereocenters. The molecule has 0 aliphatic carbocycles. The smallest absolute Gasteiger partial charge is 0.239 e. The number of carbonyl (C=O) groups is 2. The molecule has 0 spiro atoms. The second-order valence-corrected chi connectivity index (χ2v) is 5.21. The first-order valence-corrected chi connectivity index (χ1v) is 7.45. The molecule has 122 valence electrons. The van der Waals surface area contributed by atoms with Crippen molar-refractivity contribution in [3.05, 3.63) is 29.3 Å². The molecule has 0 saturated heterocycles. The lowest BCUT2D eigenvalue weighted by molar-refractivity contribution is -0.125. The molecule has 22 heavy (non-hydrogen) atoms. The van der Waals surface area contributed by atoms with Gasteiger partial charge in [0.05, 0.1) is 19.2 Å². The highest BCUT2D eigenvalue weighted by molar-refractivity contribution is 5.85. The largest absolute Gasteiger partial charge is 0.490 e. The van der Waals surface area contributed by atoms with Crippen molar-refractivity contribution in [3.8, 4) is 5.75 Å². The van der Waals surface area contributed by atoms with Crippen LogP contribution in [0.25, 0.3) is 0 Å². The number of benzene rings is 1. The van der Waals surface area contributed by atoms with E-state index >= 15 is 0 Å². The van der Waals surface area contributed by atoms with Crippen molar-refractivity contribution in [1.82, 2.24) is 10.6 Å². The Labute approximate surface area is 131 Å². The highest BCUT2D eigenvalue weighted by atomic mass is 16.5. The van der Waals surface area contributed by atoms with Crippen molar-refractivity contribution < 1.29 is 14.3 Å². The minimum absolute atomic E-state index is 0.0799. The molecule has 1 aromatic rings. The number of hydrogen-bond donors (Lipinski definition) is 3. The van der Waals surface area contributed by atoms with Crippen molar-refractivity contribution in [2.75, 3.05) is 13.1 Å². The van der Waals surface area contributed by atoms with Crippen molar-refractivity contribution in [2.24, 2.45) is 5.73 Å². The molecule has 6 heteroatoms. The fraction of sp³-hybridized carbons (Fsp3) is 0.500. The van der Waals surface area contributed by atoms with Gasteiger partial charge in [0.2, 0.25) is 11.8 Å².